The van der Waals surface area contributed by atoms with Gasteiger partial charge < -0.3 is 10.1 Å². The van der Waals surface area contributed by atoms with Gasteiger partial charge in [0.05, 0.1) is 5.02 Å². The zero-order valence-corrected chi connectivity index (χ0v) is 13.5. The normalized spacial score (nSPS) is 11.5. The molecule has 0 aliphatic carbocycles. The molecule has 1 aromatic heterocycles. The molecule has 0 radical (unpaired) electrons. The summed E-state index contributed by atoms with van der Waals surface area (Å²) in [4.78, 5) is 8.62. The SMILES string of the molecule is Cc1nc(Oc2ccccc2Cl)ncc1CNC(C)(C)C. The minimum Gasteiger partial charge on any atom is -0.423 e. The summed E-state index contributed by atoms with van der Waals surface area (Å²) in [6.07, 6.45) is 1.78. The van der Waals surface area contributed by atoms with Crippen molar-refractivity contribution >= 4 is 11.6 Å². The van der Waals surface area contributed by atoms with Crippen LogP contribution in [0, 0.1) is 6.92 Å². The molecule has 0 spiro atoms. The second-order valence-corrected chi connectivity index (χ2v) is 6.31. The van der Waals surface area contributed by atoms with Crippen molar-refractivity contribution in [3.8, 4) is 11.8 Å². The number of hydrogen-bond donors (Lipinski definition) is 1. The fourth-order valence-electron chi connectivity index (χ4n) is 1.68. The molecule has 0 fully saturated rings. The number of hydrogen-bond acceptors (Lipinski definition) is 4. The zero-order chi connectivity index (χ0) is 15.5. The number of nitrogens with zero attached hydrogens (tertiary/aromatic N) is 2. The molecule has 0 atom stereocenters. The molecule has 112 valence electrons. The first-order valence-corrected chi connectivity index (χ1v) is 7.23. The molecule has 0 aliphatic rings. The Morgan fingerprint density at radius 3 is 2.57 bits per heavy atom. The standard InChI is InChI=1S/C16H20ClN3O/c1-11-12(10-19-16(2,3)4)9-18-15(20-11)21-14-8-6-5-7-13(14)17/h5-9,19H,10H2,1-4H3. The highest BCUT2D eigenvalue weighted by molar-refractivity contribution is 6.32. The van der Waals surface area contributed by atoms with Crippen LogP contribution in [0.1, 0.15) is 32.0 Å². The molecule has 0 bridgehead atoms. The van der Waals surface area contributed by atoms with Gasteiger partial charge in [0.1, 0.15) is 5.75 Å². The molecule has 2 aromatic rings. The Morgan fingerprint density at radius 2 is 1.95 bits per heavy atom. The van der Waals surface area contributed by atoms with E-state index in [0.29, 0.717) is 16.8 Å². The van der Waals surface area contributed by atoms with E-state index in [1.165, 1.54) is 0 Å². The topological polar surface area (TPSA) is 47.0 Å². The third-order valence-electron chi connectivity index (χ3n) is 2.91. The molecule has 0 unspecified atom stereocenters. The summed E-state index contributed by atoms with van der Waals surface area (Å²) in [6, 6.07) is 7.57. The average molecular weight is 306 g/mol. The van der Waals surface area contributed by atoms with Gasteiger partial charge in [0.2, 0.25) is 0 Å². The first-order chi connectivity index (χ1) is 9.85. The molecule has 0 saturated heterocycles. The molecule has 0 saturated carbocycles. The van der Waals surface area contributed by atoms with Gasteiger partial charge in [0.25, 0.3) is 0 Å². The summed E-state index contributed by atoms with van der Waals surface area (Å²) in [5.41, 5.74) is 2.00. The van der Waals surface area contributed by atoms with Crippen LogP contribution in [0.2, 0.25) is 5.02 Å². The van der Waals surface area contributed by atoms with Crippen LogP contribution in [0.4, 0.5) is 0 Å². The number of para-hydroxylation sites is 1. The van der Waals surface area contributed by atoms with Crippen molar-refractivity contribution in [2.24, 2.45) is 0 Å². The molecule has 21 heavy (non-hydrogen) atoms. The second-order valence-electron chi connectivity index (χ2n) is 5.90. The lowest BCUT2D eigenvalue weighted by Crippen LogP contribution is -2.35. The first kappa shape index (κ1) is 15.7. The highest BCUT2D eigenvalue weighted by atomic mass is 35.5. The van der Waals surface area contributed by atoms with Crippen LogP contribution in [-0.2, 0) is 6.54 Å². The number of halogens is 1. The number of aromatic nitrogens is 2. The van der Waals surface area contributed by atoms with Crippen molar-refractivity contribution < 1.29 is 4.74 Å². The van der Waals surface area contributed by atoms with Gasteiger partial charge in [0, 0.05) is 29.5 Å². The predicted octanol–water partition coefficient (Wildman–Crippen LogP) is 4.12. The second kappa shape index (κ2) is 6.41. The Hall–Kier alpha value is -1.65. The van der Waals surface area contributed by atoms with Crippen LogP contribution in [0.5, 0.6) is 11.8 Å². The lowest BCUT2D eigenvalue weighted by molar-refractivity contribution is 0.418. The van der Waals surface area contributed by atoms with Gasteiger partial charge in [0.15, 0.2) is 0 Å². The van der Waals surface area contributed by atoms with Crippen molar-refractivity contribution in [1.29, 1.82) is 0 Å². The van der Waals surface area contributed by atoms with Gasteiger partial charge in [-0.25, -0.2) is 4.98 Å². The molecule has 2 rings (SSSR count). The highest BCUT2D eigenvalue weighted by Gasteiger charge is 2.11. The minimum atomic E-state index is 0.0547. The molecule has 0 amide bonds. The molecule has 1 heterocycles. The Balaban J connectivity index is 2.10. The maximum absolute atomic E-state index is 6.05. The Labute approximate surface area is 130 Å². The van der Waals surface area contributed by atoms with E-state index in [1.54, 1.807) is 18.3 Å². The number of benzene rings is 1. The van der Waals surface area contributed by atoms with E-state index < -0.39 is 0 Å². The van der Waals surface area contributed by atoms with Gasteiger partial charge in [-0.05, 0) is 39.8 Å². The van der Waals surface area contributed by atoms with Crippen LogP contribution in [0.25, 0.3) is 0 Å². The molecular weight excluding hydrogens is 286 g/mol. The Morgan fingerprint density at radius 1 is 1.24 bits per heavy atom. The lowest BCUT2D eigenvalue weighted by Gasteiger charge is -2.21. The van der Waals surface area contributed by atoms with Crippen molar-refractivity contribution in [3.63, 3.8) is 0 Å². The number of ether oxygens (including phenoxy) is 1. The maximum Gasteiger partial charge on any atom is 0.322 e. The number of aryl methyl sites for hydroxylation is 1. The van der Waals surface area contributed by atoms with Crippen LogP contribution >= 0.6 is 11.6 Å². The quantitative estimate of drug-likeness (QED) is 0.923. The van der Waals surface area contributed by atoms with Crippen molar-refractivity contribution in [2.75, 3.05) is 0 Å². The summed E-state index contributed by atoms with van der Waals surface area (Å²) < 4.78 is 5.62. The summed E-state index contributed by atoms with van der Waals surface area (Å²) in [5.74, 6) is 0.555. The number of rotatable bonds is 4. The summed E-state index contributed by atoms with van der Waals surface area (Å²) in [7, 11) is 0. The summed E-state index contributed by atoms with van der Waals surface area (Å²) >= 11 is 6.05. The van der Waals surface area contributed by atoms with Crippen LogP contribution < -0.4 is 10.1 Å². The van der Waals surface area contributed by atoms with Gasteiger partial charge in [-0.2, -0.15) is 4.98 Å². The molecule has 1 N–H and O–H groups in total. The van der Waals surface area contributed by atoms with Crippen molar-refractivity contribution in [2.45, 2.75) is 39.8 Å². The monoisotopic (exact) mass is 305 g/mol. The Kier molecular flexibility index (Phi) is 4.80. The zero-order valence-electron chi connectivity index (χ0n) is 12.8. The van der Waals surface area contributed by atoms with E-state index in [0.717, 1.165) is 17.8 Å². The predicted molar refractivity (Wildman–Crippen MR) is 84.9 cm³/mol. The third-order valence-corrected chi connectivity index (χ3v) is 3.22. The van der Waals surface area contributed by atoms with Crippen LogP contribution in [0.15, 0.2) is 30.5 Å². The van der Waals surface area contributed by atoms with E-state index in [2.05, 4.69) is 36.1 Å². The first-order valence-electron chi connectivity index (χ1n) is 6.85. The average Bonchev–Trinajstić information content (AvgIpc) is 2.39. The molecule has 0 aliphatic heterocycles. The van der Waals surface area contributed by atoms with Crippen molar-refractivity contribution in [1.82, 2.24) is 15.3 Å². The van der Waals surface area contributed by atoms with Gasteiger partial charge >= 0.3 is 6.01 Å². The van der Waals surface area contributed by atoms with E-state index in [4.69, 9.17) is 16.3 Å². The highest BCUT2D eigenvalue weighted by Crippen LogP contribution is 2.27. The van der Waals surface area contributed by atoms with Crippen molar-refractivity contribution in [3.05, 3.63) is 46.7 Å². The molecule has 5 heteroatoms. The van der Waals surface area contributed by atoms with Crippen LogP contribution in [-0.4, -0.2) is 15.5 Å². The molecule has 1 aromatic carbocycles. The van der Waals surface area contributed by atoms with E-state index >= 15 is 0 Å². The third kappa shape index (κ3) is 4.69. The summed E-state index contributed by atoms with van der Waals surface area (Å²) in [5, 5.41) is 3.95. The smallest absolute Gasteiger partial charge is 0.322 e. The van der Waals surface area contributed by atoms with Gasteiger partial charge in [-0.3, -0.25) is 0 Å². The molecule has 4 nitrogen and oxygen atoms in total. The number of nitrogens with one attached hydrogen (secondary N) is 1. The van der Waals surface area contributed by atoms with E-state index in [-0.39, 0.29) is 5.54 Å². The largest absolute Gasteiger partial charge is 0.423 e. The van der Waals surface area contributed by atoms with Gasteiger partial charge in [-0.15, -0.1) is 0 Å². The van der Waals surface area contributed by atoms with E-state index in [9.17, 15) is 0 Å². The summed E-state index contributed by atoms with van der Waals surface area (Å²) in [6.45, 7) is 9.04. The molecular formula is C16H20ClN3O. The lowest BCUT2D eigenvalue weighted by atomic mass is 10.1. The van der Waals surface area contributed by atoms with Crippen LogP contribution in [0.3, 0.4) is 0 Å². The van der Waals surface area contributed by atoms with E-state index in [1.807, 2.05) is 19.1 Å². The maximum atomic E-state index is 6.05. The Bertz CT molecular complexity index is 623. The minimum absolute atomic E-state index is 0.0547. The fourth-order valence-corrected chi connectivity index (χ4v) is 1.85. The fraction of sp³-hybridized carbons (Fsp3) is 0.375. The van der Waals surface area contributed by atoms with Gasteiger partial charge in [-0.1, -0.05) is 23.7 Å².